The molecule has 0 aromatic heterocycles. The van der Waals surface area contributed by atoms with Crippen molar-refractivity contribution in [1.29, 1.82) is 0 Å². The summed E-state index contributed by atoms with van der Waals surface area (Å²) in [5, 5.41) is 0. The molecule has 15 heavy (non-hydrogen) atoms. The Bertz CT molecular complexity index is 277. The summed E-state index contributed by atoms with van der Waals surface area (Å²) < 4.78 is 0. The fraction of sp³-hybridized carbons (Fsp3) is 0.462. The molecule has 0 fully saturated rings. The fourth-order valence-corrected chi connectivity index (χ4v) is 1.23. The van der Waals surface area contributed by atoms with Crippen molar-refractivity contribution in [3.63, 3.8) is 0 Å². The molecule has 0 radical (unpaired) electrons. The first-order chi connectivity index (χ1) is 7.18. The Morgan fingerprint density at radius 1 is 1.20 bits per heavy atom. The zero-order chi connectivity index (χ0) is 11.7. The molecule has 0 saturated carbocycles. The maximum Gasteiger partial charge on any atom is 0.129 e. The Hall–Kier alpha value is -1.31. The molecule has 2 nitrogen and oxygen atoms in total. The van der Waals surface area contributed by atoms with Crippen LogP contribution in [0.3, 0.4) is 0 Å². The molecule has 1 aromatic carbocycles. The normalized spacial score (nSPS) is 9.00. The number of Topliss-reactive ketones (excluding diaryl/α,β-unsaturated/α-hetero) is 1. The van der Waals surface area contributed by atoms with E-state index in [4.69, 9.17) is 5.73 Å². The van der Waals surface area contributed by atoms with E-state index in [9.17, 15) is 4.79 Å². The van der Waals surface area contributed by atoms with Crippen molar-refractivity contribution in [3.8, 4) is 0 Å². The highest BCUT2D eigenvalue weighted by molar-refractivity contribution is 5.75. The summed E-state index contributed by atoms with van der Waals surface area (Å²) in [6.07, 6.45) is 2.56. The zero-order valence-electron chi connectivity index (χ0n) is 9.92. The Balaban J connectivity index is 0.000000921. The van der Waals surface area contributed by atoms with Gasteiger partial charge in [-0.15, -0.1) is 0 Å². The van der Waals surface area contributed by atoms with E-state index in [0.717, 1.165) is 18.5 Å². The molecule has 1 rings (SSSR count). The number of hydrogen-bond acceptors (Lipinski definition) is 2. The number of carbonyl (C=O) groups is 1. The number of aryl methyl sites for hydroxylation is 1. The van der Waals surface area contributed by atoms with E-state index in [1.165, 1.54) is 5.56 Å². The van der Waals surface area contributed by atoms with Crippen molar-refractivity contribution in [1.82, 2.24) is 0 Å². The molecule has 0 aliphatic rings. The monoisotopic (exact) mass is 207 g/mol. The van der Waals surface area contributed by atoms with E-state index >= 15 is 0 Å². The van der Waals surface area contributed by atoms with E-state index in [-0.39, 0.29) is 5.78 Å². The molecule has 0 bridgehead atoms. The van der Waals surface area contributed by atoms with Gasteiger partial charge in [0.25, 0.3) is 0 Å². The average molecular weight is 207 g/mol. The maximum absolute atomic E-state index is 10.7. The van der Waals surface area contributed by atoms with Gasteiger partial charge in [-0.3, -0.25) is 0 Å². The van der Waals surface area contributed by atoms with Gasteiger partial charge in [-0.05, 0) is 37.5 Å². The molecule has 2 heteroatoms. The average Bonchev–Trinajstić information content (AvgIpc) is 2.23. The van der Waals surface area contributed by atoms with Gasteiger partial charge in [0, 0.05) is 12.1 Å². The van der Waals surface area contributed by atoms with Crippen LogP contribution in [0.15, 0.2) is 24.3 Å². The molecule has 0 atom stereocenters. The van der Waals surface area contributed by atoms with Gasteiger partial charge in [0.15, 0.2) is 0 Å². The summed E-state index contributed by atoms with van der Waals surface area (Å²) in [5.74, 6) is 0.260. The van der Waals surface area contributed by atoms with Crippen LogP contribution in [0.4, 0.5) is 5.69 Å². The number of hydrogen-bond donors (Lipinski definition) is 1. The van der Waals surface area contributed by atoms with Gasteiger partial charge in [0.05, 0.1) is 0 Å². The molecule has 1 aromatic rings. The van der Waals surface area contributed by atoms with Crippen LogP contribution >= 0.6 is 0 Å². The number of nitrogen functional groups attached to an aromatic ring is 1. The summed E-state index contributed by atoms with van der Waals surface area (Å²) in [7, 11) is 0. The second kappa shape index (κ2) is 8.04. The number of nitrogens with two attached hydrogens (primary N) is 1. The molecule has 0 unspecified atom stereocenters. The number of rotatable bonds is 4. The van der Waals surface area contributed by atoms with Gasteiger partial charge in [-0.25, -0.2) is 0 Å². The van der Waals surface area contributed by atoms with Crippen molar-refractivity contribution in [2.45, 2.75) is 40.0 Å². The molecule has 2 N–H and O–H groups in total. The number of ketones is 1. The largest absolute Gasteiger partial charge is 0.399 e. The Morgan fingerprint density at radius 3 is 2.20 bits per heavy atom. The maximum atomic E-state index is 10.7. The molecule has 0 aliphatic carbocycles. The lowest BCUT2D eigenvalue weighted by atomic mass is 10.1. The van der Waals surface area contributed by atoms with Gasteiger partial charge in [-0.2, -0.15) is 0 Å². The van der Waals surface area contributed by atoms with Crippen molar-refractivity contribution in [2.24, 2.45) is 0 Å². The van der Waals surface area contributed by atoms with Crippen LogP contribution in [0.5, 0.6) is 0 Å². The summed E-state index contributed by atoms with van der Waals surface area (Å²) in [6, 6.07) is 7.80. The van der Waals surface area contributed by atoms with Crippen LogP contribution in [-0.2, 0) is 11.2 Å². The summed E-state index contributed by atoms with van der Waals surface area (Å²) in [5.41, 5.74) is 7.58. The first-order valence-corrected chi connectivity index (χ1v) is 5.52. The van der Waals surface area contributed by atoms with Crippen LogP contribution in [0, 0.1) is 0 Å². The minimum absolute atomic E-state index is 0.260. The molecule has 0 saturated heterocycles. The SMILES string of the molecule is CC.CC(=O)CCCc1ccc(N)cc1. The molecular weight excluding hydrogens is 186 g/mol. The third-order valence-electron chi connectivity index (χ3n) is 1.97. The van der Waals surface area contributed by atoms with Crippen molar-refractivity contribution < 1.29 is 4.79 Å². The number of carbonyl (C=O) groups excluding carboxylic acids is 1. The van der Waals surface area contributed by atoms with Crippen LogP contribution in [0.2, 0.25) is 0 Å². The topological polar surface area (TPSA) is 43.1 Å². The van der Waals surface area contributed by atoms with Gasteiger partial charge in [0.2, 0.25) is 0 Å². The third kappa shape index (κ3) is 6.72. The summed E-state index contributed by atoms with van der Waals surface area (Å²) in [4.78, 5) is 10.7. The summed E-state index contributed by atoms with van der Waals surface area (Å²) in [6.45, 7) is 5.63. The minimum Gasteiger partial charge on any atom is -0.399 e. The second-order valence-corrected chi connectivity index (χ2v) is 3.30. The van der Waals surface area contributed by atoms with E-state index in [2.05, 4.69) is 0 Å². The van der Waals surface area contributed by atoms with Crippen molar-refractivity contribution >= 4 is 11.5 Å². The van der Waals surface area contributed by atoms with Crippen molar-refractivity contribution in [3.05, 3.63) is 29.8 Å². The Labute approximate surface area is 92.5 Å². The van der Waals surface area contributed by atoms with E-state index in [1.54, 1.807) is 6.92 Å². The van der Waals surface area contributed by atoms with Crippen LogP contribution in [-0.4, -0.2) is 5.78 Å². The highest BCUT2D eigenvalue weighted by atomic mass is 16.1. The van der Waals surface area contributed by atoms with E-state index < -0.39 is 0 Å². The molecule has 0 heterocycles. The lowest BCUT2D eigenvalue weighted by Crippen LogP contribution is -1.93. The van der Waals surface area contributed by atoms with Gasteiger partial charge < -0.3 is 10.5 Å². The number of benzene rings is 1. The number of anilines is 1. The van der Waals surface area contributed by atoms with Gasteiger partial charge in [-0.1, -0.05) is 26.0 Å². The highest BCUT2D eigenvalue weighted by Crippen LogP contribution is 2.08. The Kier molecular flexibility index (Phi) is 7.33. The lowest BCUT2D eigenvalue weighted by Gasteiger charge is -2.00. The van der Waals surface area contributed by atoms with E-state index in [1.807, 2.05) is 38.1 Å². The molecule has 0 amide bonds. The molecule has 0 aliphatic heterocycles. The minimum atomic E-state index is 0.260. The van der Waals surface area contributed by atoms with Gasteiger partial charge in [0.1, 0.15) is 5.78 Å². The predicted octanol–water partition coefficient (Wildman–Crippen LogP) is 3.21. The third-order valence-corrected chi connectivity index (χ3v) is 1.97. The highest BCUT2D eigenvalue weighted by Gasteiger charge is 1.95. The second-order valence-electron chi connectivity index (χ2n) is 3.30. The van der Waals surface area contributed by atoms with Crippen LogP contribution < -0.4 is 5.73 Å². The quantitative estimate of drug-likeness (QED) is 0.770. The lowest BCUT2D eigenvalue weighted by molar-refractivity contribution is -0.117. The van der Waals surface area contributed by atoms with E-state index in [0.29, 0.717) is 6.42 Å². The smallest absolute Gasteiger partial charge is 0.129 e. The van der Waals surface area contributed by atoms with Crippen molar-refractivity contribution in [2.75, 3.05) is 5.73 Å². The molecule has 84 valence electrons. The Morgan fingerprint density at radius 2 is 1.73 bits per heavy atom. The first-order valence-electron chi connectivity index (χ1n) is 5.52. The van der Waals surface area contributed by atoms with Crippen LogP contribution in [0.25, 0.3) is 0 Å². The molecule has 0 spiro atoms. The summed E-state index contributed by atoms with van der Waals surface area (Å²) >= 11 is 0. The van der Waals surface area contributed by atoms with Gasteiger partial charge >= 0.3 is 0 Å². The molecular formula is C13H21NO. The predicted molar refractivity (Wildman–Crippen MR) is 65.8 cm³/mol. The zero-order valence-corrected chi connectivity index (χ0v) is 9.92. The first kappa shape index (κ1) is 13.7. The standard InChI is InChI=1S/C11H15NO.C2H6/c1-9(13)3-2-4-10-5-7-11(12)8-6-10;1-2/h5-8H,2-4,12H2,1H3;1-2H3. The fourth-order valence-electron chi connectivity index (χ4n) is 1.23. The van der Waals surface area contributed by atoms with Crippen LogP contribution in [0.1, 0.15) is 39.2 Å².